The van der Waals surface area contributed by atoms with E-state index in [4.69, 9.17) is 4.42 Å². The number of rotatable bonds is 3. The van der Waals surface area contributed by atoms with Crippen LogP contribution in [0.25, 0.3) is 0 Å². The molecule has 2 aromatic rings. The Morgan fingerprint density at radius 1 is 1.00 bits per heavy atom. The van der Waals surface area contributed by atoms with E-state index in [-0.39, 0.29) is 5.78 Å². The van der Waals surface area contributed by atoms with E-state index in [1.54, 1.807) is 6.07 Å². The average molecular weight is 268 g/mol. The van der Waals surface area contributed by atoms with Crippen LogP contribution in [0.4, 0.5) is 0 Å². The molecule has 1 aliphatic carbocycles. The maximum Gasteiger partial charge on any atom is 0.228 e. The van der Waals surface area contributed by atoms with Gasteiger partial charge in [0.25, 0.3) is 0 Å². The van der Waals surface area contributed by atoms with Crippen LogP contribution in [0, 0.1) is 6.92 Å². The third-order valence-corrected chi connectivity index (χ3v) is 4.21. The van der Waals surface area contributed by atoms with Crippen molar-refractivity contribution < 1.29 is 9.21 Å². The van der Waals surface area contributed by atoms with Gasteiger partial charge in [0.15, 0.2) is 5.76 Å². The second-order valence-corrected chi connectivity index (χ2v) is 5.70. The van der Waals surface area contributed by atoms with Crippen LogP contribution in [0.2, 0.25) is 0 Å². The summed E-state index contributed by atoms with van der Waals surface area (Å²) in [6.45, 7) is 1.85. The van der Waals surface area contributed by atoms with Gasteiger partial charge >= 0.3 is 0 Å². The van der Waals surface area contributed by atoms with E-state index in [0.717, 1.165) is 5.76 Å². The molecule has 3 rings (SSSR count). The number of carbonyl (C=O) groups is 1. The Labute approximate surface area is 119 Å². The van der Waals surface area contributed by atoms with Gasteiger partial charge < -0.3 is 4.42 Å². The van der Waals surface area contributed by atoms with Crippen LogP contribution < -0.4 is 0 Å². The van der Waals surface area contributed by atoms with Gasteiger partial charge in [-0.05, 0) is 43.4 Å². The van der Waals surface area contributed by atoms with Crippen molar-refractivity contribution >= 4 is 5.78 Å². The lowest BCUT2D eigenvalue weighted by atomic mass is 9.84. The Hall–Kier alpha value is -1.83. The molecular formula is C18H20O2. The van der Waals surface area contributed by atoms with Gasteiger partial charge in [0.2, 0.25) is 5.78 Å². The summed E-state index contributed by atoms with van der Waals surface area (Å²) in [5, 5.41) is 0. The van der Waals surface area contributed by atoms with E-state index in [1.165, 1.54) is 37.7 Å². The van der Waals surface area contributed by atoms with Gasteiger partial charge in [-0.15, -0.1) is 0 Å². The van der Waals surface area contributed by atoms with E-state index < -0.39 is 0 Å². The van der Waals surface area contributed by atoms with Crippen LogP contribution in [0.15, 0.2) is 40.8 Å². The monoisotopic (exact) mass is 268 g/mol. The zero-order valence-electron chi connectivity index (χ0n) is 11.9. The van der Waals surface area contributed by atoms with Gasteiger partial charge in [-0.3, -0.25) is 4.79 Å². The number of furan rings is 1. The Kier molecular flexibility index (Phi) is 3.72. The standard InChI is InChI=1S/C18H20O2/c1-13-7-12-17(20-13)18(19)16-10-8-15(9-11-16)14-5-3-2-4-6-14/h7-12,14H,2-6H2,1H3. The minimum Gasteiger partial charge on any atom is -0.458 e. The van der Waals surface area contributed by atoms with Crippen LogP contribution in [-0.4, -0.2) is 5.78 Å². The van der Waals surface area contributed by atoms with Gasteiger partial charge in [-0.25, -0.2) is 0 Å². The van der Waals surface area contributed by atoms with E-state index >= 15 is 0 Å². The summed E-state index contributed by atoms with van der Waals surface area (Å²) < 4.78 is 5.40. The van der Waals surface area contributed by atoms with E-state index in [1.807, 2.05) is 25.1 Å². The Morgan fingerprint density at radius 2 is 1.70 bits per heavy atom. The van der Waals surface area contributed by atoms with Crippen LogP contribution in [0.1, 0.15) is 65.5 Å². The first-order chi connectivity index (χ1) is 9.74. The van der Waals surface area contributed by atoms with Gasteiger partial charge in [0.1, 0.15) is 5.76 Å². The average Bonchev–Trinajstić information content (AvgIpc) is 2.94. The molecule has 0 spiro atoms. The fourth-order valence-electron chi connectivity index (χ4n) is 3.04. The second-order valence-electron chi connectivity index (χ2n) is 5.70. The van der Waals surface area contributed by atoms with Crippen LogP contribution >= 0.6 is 0 Å². The molecule has 0 bridgehead atoms. The first-order valence-electron chi connectivity index (χ1n) is 7.45. The normalized spacial score (nSPS) is 16.2. The van der Waals surface area contributed by atoms with Crippen LogP contribution in [-0.2, 0) is 0 Å². The maximum atomic E-state index is 12.3. The minimum absolute atomic E-state index is 0.0340. The van der Waals surface area contributed by atoms with Crippen molar-refractivity contribution in [2.45, 2.75) is 44.9 Å². The summed E-state index contributed by atoms with van der Waals surface area (Å²) in [5.41, 5.74) is 2.08. The Bertz CT molecular complexity index is 586. The molecule has 104 valence electrons. The zero-order valence-corrected chi connectivity index (χ0v) is 11.9. The molecule has 20 heavy (non-hydrogen) atoms. The summed E-state index contributed by atoms with van der Waals surface area (Å²) in [6, 6.07) is 11.7. The Balaban J connectivity index is 1.77. The molecule has 0 saturated heterocycles. The number of carbonyl (C=O) groups excluding carboxylic acids is 1. The van der Waals surface area contributed by atoms with Crippen molar-refractivity contribution in [1.29, 1.82) is 0 Å². The highest BCUT2D eigenvalue weighted by atomic mass is 16.3. The van der Waals surface area contributed by atoms with Gasteiger partial charge in [0.05, 0.1) is 0 Å². The molecule has 0 unspecified atom stereocenters. The molecule has 2 heteroatoms. The largest absolute Gasteiger partial charge is 0.458 e. The third kappa shape index (κ3) is 2.69. The number of aryl methyl sites for hydroxylation is 1. The zero-order chi connectivity index (χ0) is 13.9. The van der Waals surface area contributed by atoms with Crippen LogP contribution in [0.5, 0.6) is 0 Å². The molecule has 1 aromatic heterocycles. The number of benzene rings is 1. The third-order valence-electron chi connectivity index (χ3n) is 4.21. The molecule has 0 radical (unpaired) electrons. The van der Waals surface area contributed by atoms with E-state index in [2.05, 4.69) is 12.1 Å². The lowest BCUT2D eigenvalue weighted by Crippen LogP contribution is -2.05. The number of hydrogen-bond acceptors (Lipinski definition) is 2. The topological polar surface area (TPSA) is 30.2 Å². The fourth-order valence-corrected chi connectivity index (χ4v) is 3.04. The summed E-state index contributed by atoms with van der Waals surface area (Å²) in [7, 11) is 0. The molecule has 1 aliphatic rings. The highest BCUT2D eigenvalue weighted by Gasteiger charge is 2.17. The number of hydrogen-bond donors (Lipinski definition) is 0. The van der Waals surface area contributed by atoms with Crippen molar-refractivity contribution in [3.05, 3.63) is 59.0 Å². The predicted molar refractivity (Wildman–Crippen MR) is 79.1 cm³/mol. The first kappa shape index (κ1) is 13.2. The lowest BCUT2D eigenvalue weighted by molar-refractivity contribution is 0.101. The minimum atomic E-state index is -0.0340. The molecule has 1 aromatic carbocycles. The summed E-state index contributed by atoms with van der Waals surface area (Å²) >= 11 is 0. The quantitative estimate of drug-likeness (QED) is 0.744. The molecule has 1 fully saturated rings. The van der Waals surface area contributed by atoms with E-state index in [0.29, 0.717) is 17.2 Å². The molecule has 1 heterocycles. The van der Waals surface area contributed by atoms with Gasteiger partial charge in [0, 0.05) is 5.56 Å². The first-order valence-corrected chi connectivity index (χ1v) is 7.45. The Morgan fingerprint density at radius 3 is 2.30 bits per heavy atom. The lowest BCUT2D eigenvalue weighted by Gasteiger charge is -2.21. The van der Waals surface area contributed by atoms with Crippen molar-refractivity contribution in [2.75, 3.05) is 0 Å². The highest BCUT2D eigenvalue weighted by Crippen LogP contribution is 2.32. The molecule has 0 N–H and O–H groups in total. The fraction of sp³-hybridized carbons (Fsp3) is 0.389. The molecule has 0 amide bonds. The summed E-state index contributed by atoms with van der Waals surface area (Å²) in [5.74, 6) is 1.84. The highest BCUT2D eigenvalue weighted by molar-refractivity contribution is 6.07. The number of ketones is 1. The predicted octanol–water partition coefficient (Wildman–Crippen LogP) is 4.87. The van der Waals surface area contributed by atoms with Crippen molar-refractivity contribution in [3.63, 3.8) is 0 Å². The van der Waals surface area contributed by atoms with Gasteiger partial charge in [-0.2, -0.15) is 0 Å². The van der Waals surface area contributed by atoms with Crippen molar-refractivity contribution in [2.24, 2.45) is 0 Å². The molecule has 0 atom stereocenters. The van der Waals surface area contributed by atoms with Crippen LogP contribution in [0.3, 0.4) is 0 Å². The summed E-state index contributed by atoms with van der Waals surface area (Å²) in [6.07, 6.45) is 6.59. The maximum absolute atomic E-state index is 12.3. The SMILES string of the molecule is Cc1ccc(C(=O)c2ccc(C3CCCCC3)cc2)o1. The van der Waals surface area contributed by atoms with Crippen molar-refractivity contribution in [3.8, 4) is 0 Å². The second kappa shape index (κ2) is 5.66. The summed E-state index contributed by atoms with van der Waals surface area (Å²) in [4.78, 5) is 12.3. The molecule has 0 aliphatic heterocycles. The molecular weight excluding hydrogens is 248 g/mol. The smallest absolute Gasteiger partial charge is 0.228 e. The molecule has 2 nitrogen and oxygen atoms in total. The molecule has 1 saturated carbocycles. The van der Waals surface area contributed by atoms with E-state index in [9.17, 15) is 4.79 Å². The van der Waals surface area contributed by atoms with Crippen molar-refractivity contribution in [1.82, 2.24) is 0 Å². The van der Waals surface area contributed by atoms with Gasteiger partial charge in [-0.1, -0.05) is 43.5 Å².